The first-order valence-corrected chi connectivity index (χ1v) is 7.18. The number of rotatable bonds is 4. The number of aromatic nitrogens is 1. The highest BCUT2D eigenvalue weighted by molar-refractivity contribution is 9.10. The van der Waals surface area contributed by atoms with E-state index < -0.39 is 0 Å². The fourth-order valence-electron chi connectivity index (χ4n) is 1.76. The second-order valence-corrected chi connectivity index (χ2v) is 5.27. The normalized spacial score (nSPS) is 10.2. The fourth-order valence-corrected chi connectivity index (χ4v) is 2.12. The summed E-state index contributed by atoms with van der Waals surface area (Å²) in [6.07, 6.45) is 0. The molecule has 0 aliphatic rings. The monoisotopic (exact) mass is 333 g/mol. The van der Waals surface area contributed by atoms with Crippen molar-refractivity contribution in [1.82, 2.24) is 4.98 Å². The van der Waals surface area contributed by atoms with Crippen molar-refractivity contribution in [3.05, 3.63) is 52.1 Å². The Morgan fingerprint density at radius 2 is 2.10 bits per heavy atom. The van der Waals surface area contributed by atoms with Gasteiger partial charge in [0.15, 0.2) is 0 Å². The maximum Gasteiger partial charge on any atom is 0.274 e. The molecule has 20 heavy (non-hydrogen) atoms. The van der Waals surface area contributed by atoms with E-state index in [0.717, 1.165) is 22.3 Å². The third-order valence-electron chi connectivity index (χ3n) is 2.79. The molecule has 0 aliphatic carbocycles. The van der Waals surface area contributed by atoms with Crippen LogP contribution in [0.5, 0.6) is 0 Å². The van der Waals surface area contributed by atoms with Gasteiger partial charge < -0.3 is 10.6 Å². The molecule has 0 bridgehead atoms. The van der Waals surface area contributed by atoms with Gasteiger partial charge >= 0.3 is 0 Å². The Hall–Kier alpha value is -1.88. The first kappa shape index (κ1) is 14.5. The van der Waals surface area contributed by atoms with Crippen LogP contribution in [-0.2, 0) is 0 Å². The van der Waals surface area contributed by atoms with Gasteiger partial charge in [-0.3, -0.25) is 4.79 Å². The van der Waals surface area contributed by atoms with Crippen LogP contribution in [0.3, 0.4) is 0 Å². The van der Waals surface area contributed by atoms with Crippen molar-refractivity contribution < 1.29 is 4.79 Å². The molecule has 0 saturated heterocycles. The van der Waals surface area contributed by atoms with Crippen molar-refractivity contribution in [3.8, 4) is 0 Å². The number of carbonyl (C=O) groups is 1. The lowest BCUT2D eigenvalue weighted by atomic mass is 10.2. The molecule has 0 aliphatic heterocycles. The molecule has 2 N–H and O–H groups in total. The highest BCUT2D eigenvalue weighted by Gasteiger charge is 2.10. The first-order chi connectivity index (χ1) is 9.60. The van der Waals surface area contributed by atoms with Gasteiger partial charge in [0.05, 0.1) is 0 Å². The first-order valence-electron chi connectivity index (χ1n) is 6.38. The smallest absolute Gasteiger partial charge is 0.274 e. The maximum absolute atomic E-state index is 12.2. The Morgan fingerprint density at radius 3 is 2.85 bits per heavy atom. The molecule has 0 unspecified atom stereocenters. The summed E-state index contributed by atoms with van der Waals surface area (Å²) < 4.78 is 0.924. The van der Waals surface area contributed by atoms with Crippen LogP contribution >= 0.6 is 15.9 Å². The zero-order chi connectivity index (χ0) is 14.5. The summed E-state index contributed by atoms with van der Waals surface area (Å²) in [5, 5.41) is 5.97. The van der Waals surface area contributed by atoms with Gasteiger partial charge in [-0.25, -0.2) is 4.98 Å². The third-order valence-corrected chi connectivity index (χ3v) is 3.28. The average molecular weight is 334 g/mol. The minimum absolute atomic E-state index is 0.217. The second kappa shape index (κ2) is 6.52. The van der Waals surface area contributed by atoms with E-state index in [4.69, 9.17) is 0 Å². The van der Waals surface area contributed by atoms with Crippen molar-refractivity contribution in [1.29, 1.82) is 0 Å². The van der Waals surface area contributed by atoms with Crippen molar-refractivity contribution in [3.63, 3.8) is 0 Å². The summed E-state index contributed by atoms with van der Waals surface area (Å²) in [4.78, 5) is 16.5. The molecule has 104 valence electrons. The molecule has 1 heterocycles. The zero-order valence-electron chi connectivity index (χ0n) is 11.4. The summed E-state index contributed by atoms with van der Waals surface area (Å²) in [7, 11) is 0. The summed E-state index contributed by atoms with van der Waals surface area (Å²) in [5.74, 6) is 0.483. The van der Waals surface area contributed by atoms with E-state index in [-0.39, 0.29) is 5.91 Å². The van der Waals surface area contributed by atoms with Gasteiger partial charge in [0, 0.05) is 16.7 Å². The van der Waals surface area contributed by atoms with Gasteiger partial charge in [-0.15, -0.1) is 0 Å². The second-order valence-electron chi connectivity index (χ2n) is 4.35. The van der Waals surface area contributed by atoms with Crippen LogP contribution in [0, 0.1) is 6.92 Å². The Bertz CT molecular complexity index is 628. The van der Waals surface area contributed by atoms with E-state index in [1.807, 2.05) is 44.2 Å². The van der Waals surface area contributed by atoms with Crippen molar-refractivity contribution >= 4 is 33.3 Å². The highest BCUT2D eigenvalue weighted by Crippen LogP contribution is 2.21. The van der Waals surface area contributed by atoms with Crippen LogP contribution in [0.4, 0.5) is 11.5 Å². The van der Waals surface area contributed by atoms with Gasteiger partial charge in [-0.1, -0.05) is 28.1 Å². The van der Waals surface area contributed by atoms with Gasteiger partial charge in [0.1, 0.15) is 11.5 Å². The minimum atomic E-state index is -0.217. The number of hydrogen-bond donors (Lipinski definition) is 2. The number of nitrogens with one attached hydrogen (secondary N) is 2. The lowest BCUT2D eigenvalue weighted by Gasteiger charge is -2.09. The molecular weight excluding hydrogens is 318 g/mol. The maximum atomic E-state index is 12.2. The van der Waals surface area contributed by atoms with Gasteiger partial charge in [-0.2, -0.15) is 0 Å². The van der Waals surface area contributed by atoms with Crippen molar-refractivity contribution in [2.24, 2.45) is 0 Å². The summed E-state index contributed by atoms with van der Waals surface area (Å²) in [5.41, 5.74) is 2.17. The van der Waals surface area contributed by atoms with Gasteiger partial charge in [0.2, 0.25) is 0 Å². The van der Waals surface area contributed by atoms with Crippen LogP contribution in [0.15, 0.2) is 40.9 Å². The Balaban J connectivity index is 2.19. The largest absolute Gasteiger partial charge is 0.370 e. The zero-order valence-corrected chi connectivity index (χ0v) is 13.0. The van der Waals surface area contributed by atoms with Crippen molar-refractivity contribution in [2.45, 2.75) is 13.8 Å². The molecule has 0 fully saturated rings. The average Bonchev–Trinajstić information content (AvgIpc) is 2.43. The number of hydrogen-bond acceptors (Lipinski definition) is 3. The van der Waals surface area contributed by atoms with Crippen LogP contribution in [-0.4, -0.2) is 17.4 Å². The standard InChI is InChI=1S/C15H16BrN3O/c1-3-17-14-6-4-5-12(18-14)15(20)19-13-9-11(16)8-7-10(13)2/h4-9H,3H2,1-2H3,(H,17,18)(H,19,20). The molecule has 2 aromatic rings. The number of amides is 1. The predicted octanol–water partition coefficient (Wildman–Crippen LogP) is 3.84. The number of aryl methyl sites for hydroxylation is 1. The Labute approximate surface area is 126 Å². The van der Waals surface area contributed by atoms with Crippen LogP contribution in [0.1, 0.15) is 23.0 Å². The summed E-state index contributed by atoms with van der Waals surface area (Å²) in [6, 6.07) is 11.1. The molecule has 2 rings (SSSR count). The molecule has 4 nitrogen and oxygen atoms in total. The number of pyridine rings is 1. The Kier molecular flexibility index (Phi) is 4.74. The molecule has 1 aromatic heterocycles. The molecule has 0 atom stereocenters. The molecule has 0 radical (unpaired) electrons. The van der Waals surface area contributed by atoms with Crippen LogP contribution in [0.25, 0.3) is 0 Å². The SMILES string of the molecule is CCNc1cccc(C(=O)Nc2cc(Br)ccc2C)n1. The summed E-state index contributed by atoms with van der Waals surface area (Å²) in [6.45, 7) is 4.70. The van der Waals surface area contributed by atoms with E-state index >= 15 is 0 Å². The number of anilines is 2. The van der Waals surface area contributed by atoms with E-state index in [0.29, 0.717) is 11.5 Å². The van der Waals surface area contributed by atoms with Crippen LogP contribution < -0.4 is 10.6 Å². The molecule has 0 saturated carbocycles. The molecule has 0 spiro atoms. The molecule has 1 amide bonds. The molecule has 5 heteroatoms. The fraction of sp³-hybridized carbons (Fsp3) is 0.200. The lowest BCUT2D eigenvalue weighted by molar-refractivity contribution is 0.102. The van der Waals surface area contributed by atoms with Crippen LogP contribution in [0.2, 0.25) is 0 Å². The highest BCUT2D eigenvalue weighted by atomic mass is 79.9. The van der Waals surface area contributed by atoms with Crippen molar-refractivity contribution in [2.75, 3.05) is 17.2 Å². The number of nitrogens with zero attached hydrogens (tertiary/aromatic N) is 1. The number of halogens is 1. The summed E-state index contributed by atoms with van der Waals surface area (Å²) >= 11 is 3.40. The topological polar surface area (TPSA) is 54.0 Å². The molecule has 1 aromatic carbocycles. The van der Waals surface area contributed by atoms with Gasteiger partial charge in [0.25, 0.3) is 5.91 Å². The van der Waals surface area contributed by atoms with E-state index in [1.165, 1.54) is 0 Å². The Morgan fingerprint density at radius 1 is 1.30 bits per heavy atom. The number of benzene rings is 1. The quantitative estimate of drug-likeness (QED) is 0.893. The minimum Gasteiger partial charge on any atom is -0.370 e. The third kappa shape index (κ3) is 3.57. The van der Waals surface area contributed by atoms with E-state index in [2.05, 4.69) is 31.5 Å². The van der Waals surface area contributed by atoms with E-state index in [1.54, 1.807) is 6.07 Å². The lowest BCUT2D eigenvalue weighted by Crippen LogP contribution is -2.15. The van der Waals surface area contributed by atoms with Gasteiger partial charge in [-0.05, 0) is 43.7 Å². The molecular formula is C15H16BrN3O. The van der Waals surface area contributed by atoms with E-state index in [9.17, 15) is 4.79 Å². The predicted molar refractivity (Wildman–Crippen MR) is 85.2 cm³/mol. The number of carbonyl (C=O) groups excluding carboxylic acids is 1.